The maximum atomic E-state index is 13.4. The van der Waals surface area contributed by atoms with Gasteiger partial charge in [0.1, 0.15) is 11.9 Å². The van der Waals surface area contributed by atoms with Crippen LogP contribution in [0.3, 0.4) is 0 Å². The lowest BCUT2D eigenvalue weighted by atomic mass is 10.1. The molecule has 0 amide bonds. The number of rotatable bonds is 4. The van der Waals surface area contributed by atoms with Crippen LogP contribution < -0.4 is 4.72 Å². The number of oxime groups is 1. The highest BCUT2D eigenvalue weighted by Crippen LogP contribution is 2.21. The number of nitrogens with zero attached hydrogens (tertiary/aromatic N) is 1. The number of hydrogen-bond donors (Lipinski definition) is 1. The molecule has 0 aliphatic carbocycles. The van der Waals surface area contributed by atoms with Gasteiger partial charge in [-0.1, -0.05) is 11.2 Å². The van der Waals surface area contributed by atoms with Crippen molar-refractivity contribution < 1.29 is 17.6 Å². The predicted molar refractivity (Wildman–Crippen MR) is 73.0 cm³/mol. The predicted octanol–water partition coefficient (Wildman–Crippen LogP) is 1.63. The smallest absolute Gasteiger partial charge is 0.208 e. The van der Waals surface area contributed by atoms with Crippen molar-refractivity contribution in [1.29, 1.82) is 0 Å². The maximum absolute atomic E-state index is 13.4. The molecular formula is C11H12BrFN2O3S. The molecule has 1 N–H and O–H groups in total. The number of halogens is 2. The van der Waals surface area contributed by atoms with Crippen LogP contribution in [0.25, 0.3) is 0 Å². The zero-order chi connectivity index (χ0) is 14.0. The van der Waals surface area contributed by atoms with E-state index < -0.39 is 10.0 Å². The lowest BCUT2D eigenvalue weighted by Gasteiger charge is -2.07. The average molecular weight is 351 g/mol. The maximum Gasteiger partial charge on any atom is 0.208 e. The van der Waals surface area contributed by atoms with E-state index in [1.54, 1.807) is 12.1 Å². The van der Waals surface area contributed by atoms with Crippen molar-refractivity contribution in [2.75, 3.05) is 12.8 Å². The Hall–Kier alpha value is -0.990. The molecule has 0 saturated carbocycles. The summed E-state index contributed by atoms with van der Waals surface area (Å²) < 4.78 is 38.1. The molecule has 0 spiro atoms. The van der Waals surface area contributed by atoms with E-state index in [0.717, 1.165) is 6.26 Å². The highest BCUT2D eigenvalue weighted by molar-refractivity contribution is 9.10. The van der Waals surface area contributed by atoms with Crippen LogP contribution >= 0.6 is 15.9 Å². The Labute approximate surface area is 119 Å². The van der Waals surface area contributed by atoms with E-state index in [2.05, 4.69) is 25.8 Å². The fourth-order valence-electron chi connectivity index (χ4n) is 1.63. The topological polar surface area (TPSA) is 67.8 Å². The summed E-state index contributed by atoms with van der Waals surface area (Å²) in [5, 5.41) is 3.86. The molecule has 19 heavy (non-hydrogen) atoms. The first-order valence-electron chi connectivity index (χ1n) is 5.48. The summed E-state index contributed by atoms with van der Waals surface area (Å²) in [6, 6.07) is 4.68. The van der Waals surface area contributed by atoms with Crippen LogP contribution in [0.2, 0.25) is 0 Å². The first kappa shape index (κ1) is 14.4. The van der Waals surface area contributed by atoms with Crippen LogP contribution in [0.1, 0.15) is 12.0 Å². The number of benzene rings is 1. The molecule has 0 fully saturated rings. The highest BCUT2D eigenvalue weighted by Gasteiger charge is 2.23. The Morgan fingerprint density at radius 3 is 2.95 bits per heavy atom. The first-order chi connectivity index (χ1) is 8.85. The lowest BCUT2D eigenvalue weighted by Crippen LogP contribution is -2.31. The molecular weight excluding hydrogens is 339 g/mol. The molecule has 1 heterocycles. The van der Waals surface area contributed by atoms with Crippen molar-refractivity contribution >= 4 is 31.7 Å². The van der Waals surface area contributed by atoms with E-state index in [1.807, 2.05) is 0 Å². The Morgan fingerprint density at radius 2 is 2.32 bits per heavy atom. The highest BCUT2D eigenvalue weighted by atomic mass is 79.9. The van der Waals surface area contributed by atoms with Crippen molar-refractivity contribution in [2.45, 2.75) is 12.5 Å². The minimum atomic E-state index is -3.25. The molecule has 5 nitrogen and oxygen atoms in total. The Balaban J connectivity index is 1.99. The molecule has 0 unspecified atom stereocenters. The summed E-state index contributed by atoms with van der Waals surface area (Å²) in [5.41, 5.74) is 1.23. The van der Waals surface area contributed by atoms with Crippen LogP contribution in [0, 0.1) is 5.82 Å². The summed E-state index contributed by atoms with van der Waals surface area (Å²) in [5.74, 6) is -0.377. The molecule has 0 bridgehead atoms. The van der Waals surface area contributed by atoms with E-state index in [4.69, 9.17) is 4.84 Å². The van der Waals surface area contributed by atoms with Crippen LogP contribution in [0.15, 0.2) is 27.8 Å². The summed E-state index contributed by atoms with van der Waals surface area (Å²) >= 11 is 3.07. The van der Waals surface area contributed by atoms with Gasteiger partial charge in [0.2, 0.25) is 10.0 Å². The second-order valence-electron chi connectivity index (χ2n) is 4.22. The quantitative estimate of drug-likeness (QED) is 0.897. The molecule has 8 heteroatoms. The van der Waals surface area contributed by atoms with E-state index in [9.17, 15) is 12.8 Å². The zero-order valence-electron chi connectivity index (χ0n) is 10.1. The molecule has 1 aliphatic rings. The second-order valence-corrected chi connectivity index (χ2v) is 6.91. The van der Waals surface area contributed by atoms with Crippen molar-refractivity contribution in [3.63, 3.8) is 0 Å². The summed E-state index contributed by atoms with van der Waals surface area (Å²) in [7, 11) is -3.25. The van der Waals surface area contributed by atoms with Crippen LogP contribution in [-0.2, 0) is 14.9 Å². The molecule has 104 valence electrons. The van der Waals surface area contributed by atoms with Gasteiger partial charge in [0.15, 0.2) is 0 Å². The van der Waals surface area contributed by atoms with Gasteiger partial charge in [-0.3, -0.25) is 0 Å². The van der Waals surface area contributed by atoms with Crippen LogP contribution in [0.4, 0.5) is 4.39 Å². The van der Waals surface area contributed by atoms with Gasteiger partial charge in [0.25, 0.3) is 0 Å². The molecule has 2 rings (SSSR count). The molecule has 1 aromatic carbocycles. The minimum absolute atomic E-state index is 0.144. The fraction of sp³-hybridized carbons (Fsp3) is 0.364. The zero-order valence-corrected chi connectivity index (χ0v) is 12.5. The largest absolute Gasteiger partial charge is 0.390 e. The number of hydrogen-bond acceptors (Lipinski definition) is 4. The van der Waals surface area contributed by atoms with Gasteiger partial charge in [0, 0.05) is 12.0 Å². The van der Waals surface area contributed by atoms with Crippen molar-refractivity contribution in [2.24, 2.45) is 5.16 Å². The third kappa shape index (κ3) is 3.99. The lowest BCUT2D eigenvalue weighted by molar-refractivity contribution is 0.0891. The van der Waals surface area contributed by atoms with Gasteiger partial charge >= 0.3 is 0 Å². The van der Waals surface area contributed by atoms with E-state index in [-0.39, 0.29) is 18.5 Å². The molecule has 0 radical (unpaired) electrons. The number of nitrogens with one attached hydrogen (secondary N) is 1. The van der Waals surface area contributed by atoms with E-state index in [1.165, 1.54) is 6.07 Å². The monoisotopic (exact) mass is 350 g/mol. The van der Waals surface area contributed by atoms with Gasteiger partial charge in [-0.2, -0.15) is 0 Å². The molecule has 0 saturated heterocycles. The molecule has 0 aromatic heterocycles. The van der Waals surface area contributed by atoms with Gasteiger partial charge in [0.05, 0.1) is 23.0 Å². The van der Waals surface area contributed by atoms with Crippen molar-refractivity contribution in [1.82, 2.24) is 4.72 Å². The first-order valence-corrected chi connectivity index (χ1v) is 8.16. The van der Waals surface area contributed by atoms with Crippen LogP contribution in [0.5, 0.6) is 0 Å². The third-order valence-electron chi connectivity index (χ3n) is 2.56. The van der Waals surface area contributed by atoms with Gasteiger partial charge < -0.3 is 4.84 Å². The summed E-state index contributed by atoms with van der Waals surface area (Å²) in [4.78, 5) is 5.11. The third-order valence-corrected chi connectivity index (χ3v) is 3.89. The minimum Gasteiger partial charge on any atom is -0.390 e. The average Bonchev–Trinajstić information content (AvgIpc) is 2.78. The van der Waals surface area contributed by atoms with Gasteiger partial charge in [-0.05, 0) is 28.1 Å². The SMILES string of the molecule is CS(=O)(=O)NC[C@H]1CC(c2ccc(Br)c(F)c2)=NO1. The summed E-state index contributed by atoms with van der Waals surface area (Å²) in [6.07, 6.45) is 1.15. The van der Waals surface area contributed by atoms with Gasteiger partial charge in [-0.25, -0.2) is 17.5 Å². The molecule has 1 aliphatic heterocycles. The normalized spacial score (nSPS) is 19.1. The van der Waals surface area contributed by atoms with E-state index >= 15 is 0 Å². The Kier molecular flexibility index (Phi) is 4.22. The molecule has 1 atom stereocenters. The standard InChI is InChI=1S/C11H12BrFN2O3S/c1-19(16,17)14-6-8-5-11(15-18-8)7-2-3-9(12)10(13)4-7/h2-4,8,14H,5-6H2,1H3/t8-/m1/s1. The van der Waals surface area contributed by atoms with Crippen molar-refractivity contribution in [3.05, 3.63) is 34.1 Å². The fourth-order valence-corrected chi connectivity index (χ4v) is 2.36. The van der Waals surface area contributed by atoms with E-state index in [0.29, 0.717) is 22.2 Å². The van der Waals surface area contributed by atoms with Gasteiger partial charge in [-0.15, -0.1) is 0 Å². The Bertz CT molecular complexity index is 618. The number of sulfonamides is 1. The van der Waals surface area contributed by atoms with Crippen molar-refractivity contribution in [3.8, 4) is 0 Å². The molecule has 1 aromatic rings. The van der Waals surface area contributed by atoms with Crippen LogP contribution in [-0.4, -0.2) is 33.0 Å². The summed E-state index contributed by atoms with van der Waals surface area (Å²) in [6.45, 7) is 0.144. The second kappa shape index (κ2) is 5.56. The Morgan fingerprint density at radius 1 is 1.58 bits per heavy atom.